The minimum Gasteiger partial charge on any atom is -0.619 e. The second-order valence-electron chi connectivity index (χ2n) is 22.4. The van der Waals surface area contributed by atoms with Crippen LogP contribution in [0.5, 0.6) is 0 Å². The molecule has 0 N–H and O–H groups in total. The maximum atomic E-state index is 10.5. The van der Waals surface area contributed by atoms with Gasteiger partial charge in [0.1, 0.15) is 0 Å². The summed E-state index contributed by atoms with van der Waals surface area (Å²) in [5, 5.41) is 11.7. The van der Waals surface area contributed by atoms with E-state index in [1.807, 2.05) is 244 Å². The van der Waals surface area contributed by atoms with E-state index in [4.69, 9.17) is 0 Å². The summed E-state index contributed by atoms with van der Waals surface area (Å²) in [7, 11) is 0. The molecule has 0 radical (unpaired) electrons. The van der Waals surface area contributed by atoms with E-state index in [2.05, 4.69) is 140 Å². The van der Waals surface area contributed by atoms with Crippen LogP contribution in [0, 0.1) is 151 Å². The fourth-order valence-corrected chi connectivity index (χ4v) is 7.25. The largest absolute Gasteiger partial charge is 0.619 e. The molecule has 0 fully saturated rings. The minimum absolute atomic E-state index is 0.729. The van der Waals surface area contributed by atoms with Crippen molar-refractivity contribution in [1.82, 2.24) is 49.8 Å². The molecule has 0 amide bonds. The van der Waals surface area contributed by atoms with E-state index >= 15 is 0 Å². The zero-order chi connectivity index (χ0) is 68.4. The lowest BCUT2D eigenvalue weighted by Gasteiger charge is -1.97. The SMILES string of the molecule is Cc1ccc(C)c(C)n1.Cc1ccc(C)nc1.Cc1ccc(C)nc1.Cc1ccc2ccccc2n1.Cc1cccc(C)n1.Cc1cccc[n+]1[O-].Cc1cccnc1.Cc1cccnc1C.Cc1ccncc1C.Cc1cnc(C)c(C)c1.Cc1cncc(C)c1. The first-order chi connectivity index (χ1) is 43.7. The van der Waals surface area contributed by atoms with Crippen molar-refractivity contribution >= 4 is 10.9 Å². The van der Waals surface area contributed by atoms with Crippen molar-refractivity contribution in [2.45, 2.75) is 145 Å². The van der Waals surface area contributed by atoms with Crippen molar-refractivity contribution in [3.63, 3.8) is 0 Å². The zero-order valence-corrected chi connectivity index (χ0v) is 58.6. The van der Waals surface area contributed by atoms with Gasteiger partial charge in [0, 0.05) is 138 Å². The molecule has 0 unspecified atom stereocenters. The highest BCUT2D eigenvalue weighted by atomic mass is 16.5. The van der Waals surface area contributed by atoms with Gasteiger partial charge in [-0.2, -0.15) is 4.73 Å². The van der Waals surface area contributed by atoms with Crippen LogP contribution >= 0.6 is 0 Å². The molecule has 0 spiro atoms. The summed E-state index contributed by atoms with van der Waals surface area (Å²) in [6.45, 7) is 42.4. The number of aryl methyl sites for hydroxylation is 21. The van der Waals surface area contributed by atoms with Crippen LogP contribution in [0.15, 0.2) is 220 Å². The maximum Gasteiger partial charge on any atom is 0.189 e. The molecule has 0 saturated heterocycles. The molecule has 11 aromatic heterocycles. The Morgan fingerprint density at radius 3 is 1.16 bits per heavy atom. The van der Waals surface area contributed by atoms with Crippen LogP contribution < -0.4 is 4.73 Å². The fourth-order valence-electron chi connectivity index (χ4n) is 7.25. The highest BCUT2D eigenvalue weighted by Gasteiger charge is 1.95. The Morgan fingerprint density at radius 1 is 0.272 bits per heavy atom. The molecule has 0 bridgehead atoms. The van der Waals surface area contributed by atoms with E-state index in [1.165, 1.54) is 72.8 Å². The Kier molecular flexibility index (Phi) is 37.6. The Balaban J connectivity index is 0.000000345. The normalized spacial score (nSPS) is 9.40. The highest BCUT2D eigenvalue weighted by Crippen LogP contribution is 2.11. The average molecular weight is 1230 g/mol. The van der Waals surface area contributed by atoms with Gasteiger partial charge >= 0.3 is 0 Å². The van der Waals surface area contributed by atoms with Crippen molar-refractivity contribution in [3.05, 3.63) is 343 Å². The number of rotatable bonds is 0. The Morgan fingerprint density at radius 2 is 0.772 bits per heavy atom. The summed E-state index contributed by atoms with van der Waals surface area (Å²) in [4.78, 5) is 41.0. The van der Waals surface area contributed by atoms with Gasteiger partial charge in [-0.15, -0.1) is 0 Å². The maximum absolute atomic E-state index is 10.5. The summed E-state index contributed by atoms with van der Waals surface area (Å²) in [5.41, 5.74) is 25.4. The van der Waals surface area contributed by atoms with Crippen LogP contribution in [0.4, 0.5) is 0 Å². The van der Waals surface area contributed by atoms with Crippen LogP contribution in [0.1, 0.15) is 118 Å². The zero-order valence-electron chi connectivity index (χ0n) is 58.6. The van der Waals surface area contributed by atoms with Gasteiger partial charge in [0.15, 0.2) is 11.9 Å². The van der Waals surface area contributed by atoms with E-state index < -0.39 is 0 Å². The monoisotopic (exact) mass is 1230 g/mol. The molecule has 0 aliphatic carbocycles. The predicted octanol–water partition coefficient (Wildman–Crippen LogP) is 18.8. The first kappa shape index (κ1) is 78.0. The molecule has 12 nitrogen and oxygen atoms in total. The average Bonchev–Trinajstić information content (AvgIpc) is 1.71. The molecular weight excluding hydrogens is 1130 g/mol. The molecule has 11 heterocycles. The van der Waals surface area contributed by atoms with Gasteiger partial charge in [0.25, 0.3) is 0 Å². The van der Waals surface area contributed by atoms with E-state index in [9.17, 15) is 5.21 Å². The van der Waals surface area contributed by atoms with Gasteiger partial charge in [-0.05, 0) is 260 Å². The lowest BCUT2D eigenvalue weighted by molar-refractivity contribution is -0.612. The van der Waals surface area contributed by atoms with E-state index in [-0.39, 0.29) is 0 Å². The molecule has 12 heteroatoms. The van der Waals surface area contributed by atoms with Gasteiger partial charge in [-0.1, -0.05) is 78.9 Å². The van der Waals surface area contributed by atoms with E-state index in [0.29, 0.717) is 0 Å². The first-order valence-corrected chi connectivity index (χ1v) is 30.7. The molecule has 0 saturated carbocycles. The number of hydrogen-bond donors (Lipinski definition) is 0. The lowest BCUT2D eigenvalue weighted by Crippen LogP contribution is -2.28. The molecule has 0 aliphatic rings. The van der Waals surface area contributed by atoms with Crippen LogP contribution in [-0.4, -0.2) is 49.8 Å². The molecule has 0 aliphatic heterocycles. The Bertz CT molecular complexity index is 3590. The van der Waals surface area contributed by atoms with Crippen molar-refractivity contribution in [3.8, 4) is 0 Å². The number of fused-ring (bicyclic) bond motifs is 1. The standard InChI is InChI=1S/C10H9N.2C8H11N.6C7H9N.C6H7NO.C6H7N/c1-8-6-7-9-4-2-3-5-10(9)11-8;1-6-4-7(2)8(3)9-5-6;1-6-4-5-7(2)9-8(6)3;1-6-3-7(2)5-8-4-6;1-6-3-4-8-5-7(6)2;2*1-6-3-4-7(2)8-5-6;1-6-4-3-5-8-7(6)2;1-6-4-3-5-7(2)8-6;1-6-4-2-3-5-7(6)8;1-6-3-2-4-7-5-6/h2-7H,1H3;2*4-5H,1-3H3;6*3-5H,1-2H3;2-5H,1H3;2-5H,1H3. The van der Waals surface area contributed by atoms with Crippen LogP contribution in [-0.2, 0) is 0 Å². The summed E-state index contributed by atoms with van der Waals surface area (Å²) in [5.74, 6) is 0. The summed E-state index contributed by atoms with van der Waals surface area (Å²) >= 11 is 0. The molecular formula is C80H99N11O. The topological polar surface area (TPSA) is 156 Å². The van der Waals surface area contributed by atoms with Crippen molar-refractivity contribution in [2.75, 3.05) is 0 Å². The fraction of sp³-hybridized carbons (Fsp3) is 0.263. The number of benzene rings is 1. The molecule has 480 valence electrons. The second-order valence-corrected chi connectivity index (χ2v) is 22.4. The molecule has 12 aromatic rings. The highest BCUT2D eigenvalue weighted by molar-refractivity contribution is 5.78. The van der Waals surface area contributed by atoms with E-state index in [0.717, 1.165) is 67.2 Å². The van der Waals surface area contributed by atoms with Crippen molar-refractivity contribution in [2.24, 2.45) is 0 Å². The lowest BCUT2D eigenvalue weighted by atomic mass is 10.2. The predicted molar refractivity (Wildman–Crippen MR) is 385 cm³/mol. The Hall–Kier alpha value is -10.1. The first-order valence-electron chi connectivity index (χ1n) is 30.7. The van der Waals surface area contributed by atoms with Crippen molar-refractivity contribution < 1.29 is 4.73 Å². The second kappa shape index (κ2) is 44.4. The van der Waals surface area contributed by atoms with Crippen LogP contribution in [0.25, 0.3) is 10.9 Å². The summed E-state index contributed by atoms with van der Waals surface area (Å²) in [6.07, 6.45) is 19.9. The summed E-state index contributed by atoms with van der Waals surface area (Å²) in [6, 6.07) is 50.0. The number of pyridine rings is 11. The van der Waals surface area contributed by atoms with Gasteiger partial charge in [-0.3, -0.25) is 49.8 Å². The van der Waals surface area contributed by atoms with Gasteiger partial charge in [0.2, 0.25) is 0 Å². The summed E-state index contributed by atoms with van der Waals surface area (Å²) < 4.78 is 0.833. The number of hydrogen-bond acceptors (Lipinski definition) is 11. The third-order valence-electron chi connectivity index (χ3n) is 13.3. The third-order valence-corrected chi connectivity index (χ3v) is 13.3. The smallest absolute Gasteiger partial charge is 0.189 e. The van der Waals surface area contributed by atoms with Gasteiger partial charge in [-0.25, -0.2) is 0 Å². The number of nitrogens with zero attached hydrogens (tertiary/aromatic N) is 11. The van der Waals surface area contributed by atoms with Gasteiger partial charge < -0.3 is 5.21 Å². The number of aromatic nitrogens is 11. The molecule has 92 heavy (non-hydrogen) atoms. The molecule has 0 atom stereocenters. The van der Waals surface area contributed by atoms with Crippen molar-refractivity contribution in [1.29, 1.82) is 0 Å². The minimum atomic E-state index is 0.729. The quantitative estimate of drug-likeness (QED) is 0.105. The van der Waals surface area contributed by atoms with Crippen LogP contribution in [0.3, 0.4) is 0 Å². The number of para-hydroxylation sites is 1. The van der Waals surface area contributed by atoms with Gasteiger partial charge in [0.05, 0.1) is 5.52 Å². The Labute approximate surface area is 551 Å². The molecule has 1 aromatic carbocycles. The molecule has 12 rings (SSSR count). The van der Waals surface area contributed by atoms with Crippen LogP contribution in [0.2, 0.25) is 0 Å². The van der Waals surface area contributed by atoms with E-state index in [1.54, 1.807) is 25.3 Å². The third kappa shape index (κ3) is 36.4.